The van der Waals surface area contributed by atoms with Crippen LogP contribution in [-0.2, 0) is 9.59 Å². The molecule has 25 heavy (non-hydrogen) atoms. The van der Waals surface area contributed by atoms with Gasteiger partial charge in [-0.15, -0.1) is 11.8 Å². The number of aliphatic carboxylic acids is 1. The van der Waals surface area contributed by atoms with Crippen molar-refractivity contribution < 1.29 is 19.5 Å². The van der Waals surface area contributed by atoms with Gasteiger partial charge in [0.1, 0.15) is 5.25 Å². The van der Waals surface area contributed by atoms with Gasteiger partial charge in [-0.1, -0.05) is 12.1 Å². The molecule has 1 aliphatic rings. The van der Waals surface area contributed by atoms with E-state index < -0.39 is 11.2 Å². The molecular formula is C18H24N2O4S. The van der Waals surface area contributed by atoms with E-state index in [4.69, 9.17) is 5.11 Å². The highest BCUT2D eigenvalue weighted by molar-refractivity contribution is 8.00. The Kier molecular flexibility index (Phi) is 6.87. The molecule has 0 aromatic heterocycles. The van der Waals surface area contributed by atoms with Crippen molar-refractivity contribution in [3.05, 3.63) is 29.8 Å². The number of thioether (sulfide) groups is 1. The summed E-state index contributed by atoms with van der Waals surface area (Å²) in [5, 5.41) is 11.1. The van der Waals surface area contributed by atoms with Crippen LogP contribution in [0.5, 0.6) is 0 Å². The zero-order chi connectivity index (χ0) is 18.4. The lowest BCUT2D eigenvalue weighted by atomic mass is 9.93. The molecule has 2 amide bonds. The fourth-order valence-corrected chi connectivity index (χ4v) is 3.78. The van der Waals surface area contributed by atoms with Crippen LogP contribution in [0.15, 0.2) is 29.2 Å². The van der Waals surface area contributed by atoms with Crippen molar-refractivity contribution in [1.29, 1.82) is 0 Å². The molecule has 1 fully saturated rings. The summed E-state index contributed by atoms with van der Waals surface area (Å²) in [4.78, 5) is 37.9. The molecule has 1 heterocycles. The lowest BCUT2D eigenvalue weighted by Crippen LogP contribution is -2.39. The molecule has 0 spiro atoms. The number of nitrogens with zero attached hydrogens (tertiary/aromatic N) is 1. The van der Waals surface area contributed by atoms with Gasteiger partial charge in [0.2, 0.25) is 5.91 Å². The molecule has 1 aromatic rings. The Morgan fingerprint density at radius 1 is 1.28 bits per heavy atom. The van der Waals surface area contributed by atoms with Crippen LogP contribution < -0.4 is 5.32 Å². The number of benzene rings is 1. The van der Waals surface area contributed by atoms with Crippen LogP contribution in [0.25, 0.3) is 0 Å². The Bertz CT molecular complexity index is 642. The first-order valence-electron chi connectivity index (χ1n) is 8.40. The smallest absolute Gasteiger partial charge is 0.316 e. The fourth-order valence-electron chi connectivity index (χ4n) is 2.86. The summed E-state index contributed by atoms with van der Waals surface area (Å²) >= 11 is 1.18. The number of likely N-dealkylation sites (tertiary alicyclic amines) is 1. The molecule has 1 aromatic carbocycles. The van der Waals surface area contributed by atoms with Crippen LogP contribution in [0, 0.1) is 5.92 Å². The summed E-state index contributed by atoms with van der Waals surface area (Å²) < 4.78 is 0. The third kappa shape index (κ3) is 5.22. The maximum absolute atomic E-state index is 12.8. The van der Waals surface area contributed by atoms with Crippen LogP contribution in [0.2, 0.25) is 0 Å². The zero-order valence-corrected chi connectivity index (χ0v) is 15.3. The summed E-state index contributed by atoms with van der Waals surface area (Å²) in [6.07, 6.45) is 2.11. The Morgan fingerprint density at radius 2 is 1.92 bits per heavy atom. The van der Waals surface area contributed by atoms with E-state index in [0.717, 1.165) is 12.8 Å². The molecule has 1 atom stereocenters. The Morgan fingerprint density at radius 3 is 2.52 bits per heavy atom. The first kappa shape index (κ1) is 19.3. The van der Waals surface area contributed by atoms with Crippen LogP contribution in [0.3, 0.4) is 0 Å². The minimum atomic E-state index is -0.901. The highest BCUT2D eigenvalue weighted by Crippen LogP contribution is 2.29. The van der Waals surface area contributed by atoms with Gasteiger partial charge in [0.15, 0.2) is 0 Å². The second-order valence-corrected chi connectivity index (χ2v) is 7.59. The Labute approximate surface area is 152 Å². The van der Waals surface area contributed by atoms with Gasteiger partial charge in [0, 0.05) is 31.5 Å². The molecule has 2 rings (SSSR count). The van der Waals surface area contributed by atoms with Crippen LogP contribution in [0.1, 0.15) is 36.5 Å². The molecule has 0 aliphatic carbocycles. The van der Waals surface area contributed by atoms with Gasteiger partial charge in [-0.2, -0.15) is 0 Å². The van der Waals surface area contributed by atoms with Crippen molar-refractivity contribution in [3.63, 3.8) is 0 Å². The Hall–Kier alpha value is -2.02. The topological polar surface area (TPSA) is 86.7 Å². The van der Waals surface area contributed by atoms with E-state index in [1.807, 2.05) is 6.07 Å². The van der Waals surface area contributed by atoms with E-state index in [2.05, 4.69) is 5.32 Å². The summed E-state index contributed by atoms with van der Waals surface area (Å²) in [6, 6.07) is 7.13. The van der Waals surface area contributed by atoms with Crippen molar-refractivity contribution in [2.24, 2.45) is 5.92 Å². The van der Waals surface area contributed by atoms with Gasteiger partial charge in [-0.05, 0) is 37.8 Å². The van der Waals surface area contributed by atoms with Crippen LogP contribution >= 0.6 is 11.8 Å². The van der Waals surface area contributed by atoms with Crippen LogP contribution in [0.4, 0.5) is 0 Å². The highest BCUT2D eigenvalue weighted by atomic mass is 32.2. The largest absolute Gasteiger partial charge is 0.480 e. The molecule has 0 saturated carbocycles. The van der Waals surface area contributed by atoms with Crippen molar-refractivity contribution in [2.45, 2.75) is 36.3 Å². The summed E-state index contributed by atoms with van der Waals surface area (Å²) in [7, 11) is 1.63. The van der Waals surface area contributed by atoms with E-state index in [1.54, 1.807) is 37.1 Å². The Balaban J connectivity index is 2.02. The maximum Gasteiger partial charge on any atom is 0.316 e. The molecule has 0 bridgehead atoms. The molecule has 1 saturated heterocycles. The van der Waals surface area contributed by atoms with Gasteiger partial charge in [0.25, 0.3) is 5.91 Å². The van der Waals surface area contributed by atoms with E-state index in [9.17, 15) is 14.4 Å². The first-order chi connectivity index (χ1) is 11.9. The average molecular weight is 364 g/mol. The third-order valence-electron chi connectivity index (χ3n) is 4.42. The fraction of sp³-hybridized carbons (Fsp3) is 0.500. The standard InChI is InChI=1S/C18H24N2O4S/c1-12(18(23)24)25-15-6-4-3-5-14(15)17(22)20-9-7-13(8-10-20)11-16(21)19-2/h3-6,12-13H,7-11H2,1-2H3,(H,19,21)(H,23,24). The monoisotopic (exact) mass is 364 g/mol. The van der Waals surface area contributed by atoms with Crippen molar-refractivity contribution in [1.82, 2.24) is 10.2 Å². The number of carbonyl (C=O) groups is 3. The highest BCUT2D eigenvalue weighted by Gasteiger charge is 2.26. The molecule has 7 heteroatoms. The number of carboxylic acids is 1. The lowest BCUT2D eigenvalue weighted by Gasteiger charge is -2.32. The molecule has 1 aliphatic heterocycles. The predicted molar refractivity (Wildman–Crippen MR) is 96.7 cm³/mol. The second kappa shape index (κ2) is 8.89. The van der Waals surface area contributed by atoms with Gasteiger partial charge < -0.3 is 15.3 Å². The summed E-state index contributed by atoms with van der Waals surface area (Å²) in [5.74, 6) is -0.629. The minimum absolute atomic E-state index is 0.0363. The number of rotatable bonds is 6. The number of piperidine rings is 1. The summed E-state index contributed by atoms with van der Waals surface area (Å²) in [5.41, 5.74) is 0.547. The molecule has 6 nitrogen and oxygen atoms in total. The van der Waals surface area contributed by atoms with Crippen molar-refractivity contribution in [2.75, 3.05) is 20.1 Å². The SMILES string of the molecule is CNC(=O)CC1CCN(C(=O)c2ccccc2SC(C)C(=O)O)CC1. The van der Waals surface area contributed by atoms with E-state index in [-0.39, 0.29) is 11.8 Å². The quantitative estimate of drug-likeness (QED) is 0.756. The molecule has 2 N–H and O–H groups in total. The normalized spacial score (nSPS) is 16.3. The maximum atomic E-state index is 12.8. The van der Waals surface area contributed by atoms with Crippen molar-refractivity contribution >= 4 is 29.5 Å². The minimum Gasteiger partial charge on any atom is -0.480 e. The number of amides is 2. The molecule has 0 radical (unpaired) electrons. The van der Waals surface area contributed by atoms with E-state index in [1.165, 1.54) is 11.8 Å². The first-order valence-corrected chi connectivity index (χ1v) is 9.28. The van der Waals surface area contributed by atoms with Gasteiger partial charge in [0.05, 0.1) is 5.56 Å². The number of carboxylic acid groups (broad SMARTS) is 1. The van der Waals surface area contributed by atoms with Crippen molar-refractivity contribution in [3.8, 4) is 0 Å². The third-order valence-corrected chi connectivity index (χ3v) is 5.59. The number of nitrogens with one attached hydrogen (secondary N) is 1. The van der Waals surface area contributed by atoms with E-state index >= 15 is 0 Å². The molecule has 1 unspecified atom stereocenters. The lowest BCUT2D eigenvalue weighted by molar-refractivity contribution is -0.136. The van der Waals surface area contributed by atoms with Gasteiger partial charge in [-0.3, -0.25) is 14.4 Å². The second-order valence-electron chi connectivity index (χ2n) is 6.21. The zero-order valence-electron chi connectivity index (χ0n) is 14.5. The number of hydrogen-bond donors (Lipinski definition) is 2. The summed E-state index contributed by atoms with van der Waals surface area (Å²) in [6.45, 7) is 2.85. The van der Waals surface area contributed by atoms with E-state index in [0.29, 0.717) is 35.9 Å². The van der Waals surface area contributed by atoms with Crippen LogP contribution in [-0.4, -0.2) is 53.2 Å². The number of hydrogen-bond acceptors (Lipinski definition) is 4. The average Bonchev–Trinajstić information content (AvgIpc) is 2.62. The number of carbonyl (C=O) groups excluding carboxylic acids is 2. The molecule has 136 valence electrons. The van der Waals surface area contributed by atoms with Gasteiger partial charge in [-0.25, -0.2) is 0 Å². The molecular weight excluding hydrogens is 340 g/mol. The van der Waals surface area contributed by atoms with Gasteiger partial charge >= 0.3 is 5.97 Å². The predicted octanol–water partition coefficient (Wildman–Crippen LogP) is 2.24.